The predicted octanol–water partition coefficient (Wildman–Crippen LogP) is 1.11. The van der Waals surface area contributed by atoms with Crippen LogP contribution in [-0.4, -0.2) is 20.8 Å². The molecule has 0 unspecified atom stereocenters. The summed E-state index contributed by atoms with van der Waals surface area (Å²) in [7, 11) is 1.70. The lowest BCUT2D eigenvalue weighted by atomic mass is 10.2. The van der Waals surface area contributed by atoms with Crippen LogP contribution in [0.3, 0.4) is 0 Å². The first kappa shape index (κ1) is 8.12. The number of ketones is 1. The molecule has 0 N–H and O–H groups in total. The van der Waals surface area contributed by atoms with E-state index in [0.29, 0.717) is 11.3 Å². The zero-order valence-corrected chi connectivity index (χ0v) is 7.78. The first-order chi connectivity index (χ1) is 6.29. The normalized spacial score (nSPS) is 10.2. The Hall–Kier alpha value is -1.49. The quantitative estimate of drug-likeness (QED) is 0.671. The minimum absolute atomic E-state index is 0.0336. The number of hydrogen-bond donors (Lipinski definition) is 0. The maximum absolute atomic E-state index is 11.7. The lowest BCUT2D eigenvalue weighted by Gasteiger charge is -1.95. The lowest BCUT2D eigenvalue weighted by molar-refractivity contribution is 0.103. The number of aromatic nitrogens is 3. The first-order valence-electron chi connectivity index (χ1n) is 3.70. The van der Waals surface area contributed by atoms with E-state index >= 15 is 0 Å². The summed E-state index contributed by atoms with van der Waals surface area (Å²) >= 11 is 1.50. The van der Waals surface area contributed by atoms with E-state index in [9.17, 15) is 4.79 Å². The standard InChI is InChI=1S/C8H7N3OS/c1-11-7(4-9-10-11)8(12)6-2-3-13-5-6/h2-5H,1H3. The molecule has 0 radical (unpaired) electrons. The van der Waals surface area contributed by atoms with Crippen molar-refractivity contribution in [2.75, 3.05) is 0 Å². The summed E-state index contributed by atoms with van der Waals surface area (Å²) < 4.78 is 1.47. The molecule has 0 aliphatic rings. The van der Waals surface area contributed by atoms with Gasteiger partial charge in [0.15, 0.2) is 0 Å². The number of thiophene rings is 1. The summed E-state index contributed by atoms with van der Waals surface area (Å²) in [5, 5.41) is 11.0. The largest absolute Gasteiger partial charge is 0.287 e. The van der Waals surface area contributed by atoms with Crippen molar-refractivity contribution in [2.24, 2.45) is 7.05 Å². The van der Waals surface area contributed by atoms with Crippen LogP contribution in [0.5, 0.6) is 0 Å². The van der Waals surface area contributed by atoms with E-state index in [2.05, 4.69) is 10.3 Å². The highest BCUT2D eigenvalue weighted by Gasteiger charge is 2.13. The van der Waals surface area contributed by atoms with Crippen molar-refractivity contribution in [1.29, 1.82) is 0 Å². The third-order valence-corrected chi connectivity index (χ3v) is 2.41. The number of aryl methyl sites for hydroxylation is 1. The lowest BCUT2D eigenvalue weighted by Crippen LogP contribution is -2.06. The third-order valence-electron chi connectivity index (χ3n) is 1.73. The first-order valence-corrected chi connectivity index (χ1v) is 4.65. The van der Waals surface area contributed by atoms with Crippen molar-refractivity contribution in [3.05, 3.63) is 34.3 Å². The fraction of sp³-hybridized carbons (Fsp3) is 0.125. The van der Waals surface area contributed by atoms with Gasteiger partial charge in [0, 0.05) is 18.0 Å². The van der Waals surface area contributed by atoms with E-state index in [1.165, 1.54) is 22.2 Å². The van der Waals surface area contributed by atoms with Crippen LogP contribution in [0.25, 0.3) is 0 Å². The topological polar surface area (TPSA) is 47.8 Å². The number of carbonyl (C=O) groups is 1. The molecule has 0 atom stereocenters. The van der Waals surface area contributed by atoms with E-state index in [1.54, 1.807) is 13.1 Å². The summed E-state index contributed by atoms with van der Waals surface area (Å²) in [4.78, 5) is 11.7. The average molecular weight is 193 g/mol. The highest BCUT2D eigenvalue weighted by Crippen LogP contribution is 2.11. The van der Waals surface area contributed by atoms with Gasteiger partial charge >= 0.3 is 0 Å². The molecule has 2 rings (SSSR count). The van der Waals surface area contributed by atoms with Crippen LogP contribution in [0.2, 0.25) is 0 Å². The smallest absolute Gasteiger partial charge is 0.213 e. The molecule has 4 nitrogen and oxygen atoms in total. The van der Waals surface area contributed by atoms with Crippen LogP contribution in [0.1, 0.15) is 16.1 Å². The molecular weight excluding hydrogens is 186 g/mol. The van der Waals surface area contributed by atoms with Crippen molar-refractivity contribution in [3.8, 4) is 0 Å². The van der Waals surface area contributed by atoms with Gasteiger partial charge in [-0.05, 0) is 11.4 Å². The van der Waals surface area contributed by atoms with Crippen molar-refractivity contribution < 1.29 is 4.79 Å². The highest BCUT2D eigenvalue weighted by atomic mass is 32.1. The van der Waals surface area contributed by atoms with Crippen molar-refractivity contribution in [1.82, 2.24) is 15.0 Å². The van der Waals surface area contributed by atoms with Crippen LogP contribution < -0.4 is 0 Å². The maximum Gasteiger partial charge on any atom is 0.213 e. The van der Waals surface area contributed by atoms with Gasteiger partial charge in [-0.15, -0.1) is 5.10 Å². The summed E-state index contributed by atoms with van der Waals surface area (Å²) in [6, 6.07) is 1.79. The fourth-order valence-corrected chi connectivity index (χ4v) is 1.67. The van der Waals surface area contributed by atoms with Gasteiger partial charge in [0.2, 0.25) is 5.78 Å². The van der Waals surface area contributed by atoms with E-state index in [4.69, 9.17) is 0 Å². The SMILES string of the molecule is Cn1nncc1C(=O)c1ccsc1. The van der Waals surface area contributed by atoms with Gasteiger partial charge in [-0.1, -0.05) is 5.21 Å². The Morgan fingerprint density at radius 3 is 3.00 bits per heavy atom. The summed E-state index contributed by atoms with van der Waals surface area (Å²) in [5.41, 5.74) is 1.20. The number of nitrogens with zero attached hydrogens (tertiary/aromatic N) is 3. The molecule has 0 fully saturated rings. The molecule has 0 aliphatic heterocycles. The molecule has 13 heavy (non-hydrogen) atoms. The number of rotatable bonds is 2. The van der Waals surface area contributed by atoms with Gasteiger partial charge in [-0.3, -0.25) is 4.79 Å². The van der Waals surface area contributed by atoms with Gasteiger partial charge < -0.3 is 0 Å². The molecule has 0 saturated carbocycles. The van der Waals surface area contributed by atoms with Crippen LogP contribution in [-0.2, 0) is 7.05 Å². The second-order valence-corrected chi connectivity index (χ2v) is 3.36. The van der Waals surface area contributed by atoms with E-state index in [1.807, 2.05) is 10.8 Å². The molecule has 5 heteroatoms. The zero-order valence-electron chi connectivity index (χ0n) is 6.97. The Morgan fingerprint density at radius 1 is 1.62 bits per heavy atom. The van der Waals surface area contributed by atoms with Gasteiger partial charge in [0.05, 0.1) is 6.20 Å². The van der Waals surface area contributed by atoms with E-state index in [-0.39, 0.29) is 5.78 Å². The fourth-order valence-electron chi connectivity index (χ4n) is 1.04. The summed E-state index contributed by atoms with van der Waals surface area (Å²) in [6.45, 7) is 0. The van der Waals surface area contributed by atoms with Crippen molar-refractivity contribution in [2.45, 2.75) is 0 Å². The Balaban J connectivity index is 2.39. The molecule has 0 amide bonds. The molecule has 0 spiro atoms. The van der Waals surface area contributed by atoms with E-state index in [0.717, 1.165) is 0 Å². The van der Waals surface area contributed by atoms with E-state index < -0.39 is 0 Å². The third kappa shape index (κ3) is 1.38. The maximum atomic E-state index is 11.7. The van der Waals surface area contributed by atoms with Gasteiger partial charge in [0.25, 0.3) is 0 Å². The monoisotopic (exact) mass is 193 g/mol. The molecule has 0 bridgehead atoms. The molecule has 2 aromatic rings. The molecule has 66 valence electrons. The molecule has 0 saturated heterocycles. The molecule has 0 aromatic carbocycles. The van der Waals surface area contributed by atoms with Crippen molar-refractivity contribution >= 4 is 17.1 Å². The minimum Gasteiger partial charge on any atom is -0.287 e. The molecule has 0 aliphatic carbocycles. The Bertz CT molecular complexity index is 418. The average Bonchev–Trinajstić information content (AvgIpc) is 2.72. The molecule has 2 heterocycles. The van der Waals surface area contributed by atoms with Crippen LogP contribution in [0.4, 0.5) is 0 Å². The Labute approximate surface area is 78.8 Å². The summed E-state index contributed by atoms with van der Waals surface area (Å²) in [6.07, 6.45) is 1.47. The Kier molecular flexibility index (Phi) is 1.94. The molecule has 2 aromatic heterocycles. The van der Waals surface area contributed by atoms with Gasteiger partial charge in [0.1, 0.15) is 5.69 Å². The van der Waals surface area contributed by atoms with Crippen LogP contribution in [0.15, 0.2) is 23.0 Å². The van der Waals surface area contributed by atoms with Crippen LogP contribution >= 0.6 is 11.3 Å². The summed E-state index contributed by atoms with van der Waals surface area (Å²) in [5.74, 6) is -0.0336. The number of hydrogen-bond acceptors (Lipinski definition) is 4. The number of carbonyl (C=O) groups excluding carboxylic acids is 1. The molecular formula is C8H7N3OS. The van der Waals surface area contributed by atoms with Crippen molar-refractivity contribution in [3.63, 3.8) is 0 Å². The van der Waals surface area contributed by atoms with Gasteiger partial charge in [-0.2, -0.15) is 11.3 Å². The minimum atomic E-state index is -0.0336. The second-order valence-electron chi connectivity index (χ2n) is 2.58. The second kappa shape index (κ2) is 3.10. The highest BCUT2D eigenvalue weighted by molar-refractivity contribution is 7.08. The van der Waals surface area contributed by atoms with Gasteiger partial charge in [-0.25, -0.2) is 4.68 Å². The predicted molar refractivity (Wildman–Crippen MR) is 48.8 cm³/mol. The van der Waals surface area contributed by atoms with Crippen LogP contribution in [0, 0.1) is 0 Å². The zero-order chi connectivity index (χ0) is 9.26. The Morgan fingerprint density at radius 2 is 2.46 bits per heavy atom.